The fourth-order valence-corrected chi connectivity index (χ4v) is 3.62. The highest BCUT2D eigenvalue weighted by atomic mass is 32.2. The highest BCUT2D eigenvalue weighted by Gasteiger charge is 2.17. The Morgan fingerprint density at radius 1 is 1.17 bits per heavy atom. The minimum Gasteiger partial charge on any atom is -0.497 e. The van der Waals surface area contributed by atoms with E-state index in [-0.39, 0.29) is 23.9 Å². The molecule has 0 saturated carbocycles. The van der Waals surface area contributed by atoms with Crippen molar-refractivity contribution in [3.63, 3.8) is 0 Å². The fraction of sp³-hybridized carbons (Fsp3) is 0.182. The van der Waals surface area contributed by atoms with E-state index in [1.807, 2.05) is 18.2 Å². The number of benzene rings is 2. The average Bonchev–Trinajstić information content (AvgIpc) is 3.14. The molecule has 7 nitrogen and oxygen atoms in total. The minimum atomic E-state index is -0.224. The van der Waals surface area contributed by atoms with Crippen molar-refractivity contribution in [1.29, 1.82) is 0 Å². The summed E-state index contributed by atoms with van der Waals surface area (Å²) in [6.07, 6.45) is 1.75. The third-order valence-electron chi connectivity index (χ3n) is 4.21. The van der Waals surface area contributed by atoms with Gasteiger partial charge in [-0.2, -0.15) is 0 Å². The molecule has 0 fully saturated rings. The molecule has 154 valence electrons. The lowest BCUT2D eigenvalue weighted by Gasteiger charge is -2.09. The summed E-state index contributed by atoms with van der Waals surface area (Å²) in [7, 11) is 1.57. The lowest BCUT2D eigenvalue weighted by molar-refractivity contribution is -0.115. The van der Waals surface area contributed by atoms with Gasteiger partial charge in [-0.15, -0.1) is 16.8 Å². The van der Waals surface area contributed by atoms with Crippen LogP contribution in [-0.2, 0) is 17.8 Å². The molecule has 0 unspecified atom stereocenters. The maximum absolute atomic E-state index is 12.5. The van der Waals surface area contributed by atoms with Gasteiger partial charge >= 0.3 is 0 Å². The third-order valence-corrected chi connectivity index (χ3v) is 5.17. The third kappa shape index (κ3) is 5.57. The molecule has 0 atom stereocenters. The van der Waals surface area contributed by atoms with Crippen molar-refractivity contribution in [3.05, 3.63) is 78.6 Å². The molecular weight excluding hydrogens is 400 g/mol. The lowest BCUT2D eigenvalue weighted by atomic mass is 10.2. The smallest absolute Gasteiger partial charge is 0.232 e. The molecule has 1 heterocycles. The van der Waals surface area contributed by atoms with Crippen LogP contribution in [0.25, 0.3) is 0 Å². The van der Waals surface area contributed by atoms with E-state index in [4.69, 9.17) is 4.74 Å². The van der Waals surface area contributed by atoms with Gasteiger partial charge in [0.15, 0.2) is 10.9 Å². The van der Waals surface area contributed by atoms with E-state index in [9.17, 15) is 9.59 Å². The molecule has 30 heavy (non-hydrogen) atoms. The molecule has 1 aromatic heterocycles. The molecule has 0 aliphatic rings. The summed E-state index contributed by atoms with van der Waals surface area (Å²) < 4.78 is 6.96. The van der Waals surface area contributed by atoms with Gasteiger partial charge in [0.05, 0.1) is 19.3 Å². The topological polar surface area (TPSA) is 86.1 Å². The molecular formula is C22H22N4O3S. The Kier molecular flexibility index (Phi) is 7.40. The zero-order chi connectivity index (χ0) is 21.3. The Labute approximate surface area is 179 Å². The summed E-state index contributed by atoms with van der Waals surface area (Å²) in [4.78, 5) is 24.8. The second kappa shape index (κ2) is 10.4. The van der Waals surface area contributed by atoms with E-state index >= 15 is 0 Å². The van der Waals surface area contributed by atoms with Gasteiger partial charge in [-0.1, -0.05) is 54.2 Å². The predicted molar refractivity (Wildman–Crippen MR) is 117 cm³/mol. The molecule has 0 spiro atoms. The first-order valence-electron chi connectivity index (χ1n) is 9.28. The number of anilines is 1. The molecule has 1 N–H and O–H groups in total. The van der Waals surface area contributed by atoms with Crippen molar-refractivity contribution in [2.75, 3.05) is 18.2 Å². The first kappa shape index (κ1) is 21.3. The number of nitrogens with zero attached hydrogens (tertiary/aromatic N) is 3. The maximum Gasteiger partial charge on any atom is 0.232 e. The highest BCUT2D eigenvalue weighted by Crippen LogP contribution is 2.20. The summed E-state index contributed by atoms with van der Waals surface area (Å²) in [6.45, 7) is 4.20. The Morgan fingerprint density at radius 3 is 2.70 bits per heavy atom. The van der Waals surface area contributed by atoms with Gasteiger partial charge in [-0.3, -0.25) is 9.59 Å². The number of thioether (sulfide) groups is 1. The van der Waals surface area contributed by atoms with Gasteiger partial charge < -0.3 is 14.6 Å². The minimum absolute atomic E-state index is 0.00562. The molecule has 3 rings (SSSR count). The Balaban J connectivity index is 1.66. The van der Waals surface area contributed by atoms with Crippen LogP contribution in [0.5, 0.6) is 5.75 Å². The first-order valence-corrected chi connectivity index (χ1v) is 10.3. The van der Waals surface area contributed by atoms with Gasteiger partial charge in [-0.25, -0.2) is 0 Å². The number of hydrogen-bond acceptors (Lipinski definition) is 6. The molecule has 0 saturated heterocycles. The number of nitrogens with one attached hydrogen (secondary N) is 1. The van der Waals surface area contributed by atoms with E-state index in [0.717, 1.165) is 0 Å². The number of Topliss-reactive ketones (excluding diaryl/α,β-unsaturated/α-hetero) is 1. The number of carbonyl (C=O) groups is 2. The normalized spacial score (nSPS) is 10.4. The maximum atomic E-state index is 12.5. The number of allylic oxidation sites excluding steroid dienone is 1. The summed E-state index contributed by atoms with van der Waals surface area (Å²) in [5.74, 6) is 1.17. The van der Waals surface area contributed by atoms with Gasteiger partial charge in [0, 0.05) is 23.9 Å². The Hall–Kier alpha value is -3.39. The molecule has 0 aliphatic heterocycles. The number of rotatable bonds is 10. The van der Waals surface area contributed by atoms with Crippen LogP contribution < -0.4 is 10.1 Å². The zero-order valence-electron chi connectivity index (χ0n) is 16.6. The van der Waals surface area contributed by atoms with E-state index in [0.29, 0.717) is 34.5 Å². The molecule has 0 radical (unpaired) electrons. The molecule has 0 bridgehead atoms. The van der Waals surface area contributed by atoms with Crippen molar-refractivity contribution in [3.8, 4) is 5.75 Å². The number of carbonyl (C=O) groups excluding carboxylic acids is 2. The Bertz CT molecular complexity index is 1030. The van der Waals surface area contributed by atoms with Crippen LogP contribution in [0.15, 0.2) is 72.4 Å². The largest absolute Gasteiger partial charge is 0.497 e. The number of hydrogen-bond donors (Lipinski definition) is 1. The second-order valence-electron chi connectivity index (χ2n) is 6.33. The number of ether oxygens (including phenoxy) is 1. The van der Waals surface area contributed by atoms with Gasteiger partial charge in [0.1, 0.15) is 11.6 Å². The van der Waals surface area contributed by atoms with Crippen molar-refractivity contribution in [2.24, 2.45) is 0 Å². The molecule has 1 amide bonds. The van der Waals surface area contributed by atoms with Crippen molar-refractivity contribution in [1.82, 2.24) is 14.8 Å². The summed E-state index contributed by atoms with van der Waals surface area (Å²) in [5, 5.41) is 11.7. The van der Waals surface area contributed by atoms with E-state index in [2.05, 4.69) is 22.1 Å². The molecule has 3 aromatic rings. The highest BCUT2D eigenvalue weighted by molar-refractivity contribution is 7.99. The number of amides is 1. The molecule has 8 heteroatoms. The standard InChI is InChI=1S/C22H22N4O3S/c1-3-12-26-20(14-21(28)23-17-10-7-11-18(13-17)29-2)24-25-22(26)30-15-19(27)16-8-5-4-6-9-16/h3-11,13H,1,12,14-15H2,2H3,(H,23,28). The Morgan fingerprint density at radius 2 is 1.97 bits per heavy atom. The van der Waals surface area contributed by atoms with Gasteiger partial charge in [0.2, 0.25) is 5.91 Å². The summed E-state index contributed by atoms with van der Waals surface area (Å²) in [5.41, 5.74) is 1.29. The molecule has 2 aromatic carbocycles. The monoisotopic (exact) mass is 422 g/mol. The number of ketones is 1. The van der Waals surface area contributed by atoms with Crippen LogP contribution in [0.3, 0.4) is 0 Å². The van der Waals surface area contributed by atoms with Crippen molar-refractivity contribution < 1.29 is 14.3 Å². The van der Waals surface area contributed by atoms with Crippen LogP contribution in [0.4, 0.5) is 5.69 Å². The summed E-state index contributed by atoms with van der Waals surface area (Å²) >= 11 is 1.29. The first-order chi connectivity index (χ1) is 14.6. The zero-order valence-corrected chi connectivity index (χ0v) is 17.4. The van der Waals surface area contributed by atoms with Crippen molar-refractivity contribution in [2.45, 2.75) is 18.1 Å². The number of methoxy groups -OCH3 is 1. The van der Waals surface area contributed by atoms with Gasteiger partial charge in [-0.05, 0) is 12.1 Å². The SMILES string of the molecule is C=CCn1c(CC(=O)Nc2cccc(OC)c2)nnc1SCC(=O)c1ccccc1. The van der Waals surface area contributed by atoms with Crippen LogP contribution in [-0.4, -0.2) is 39.3 Å². The van der Waals surface area contributed by atoms with Crippen molar-refractivity contribution >= 4 is 29.1 Å². The van der Waals surface area contributed by atoms with Crippen LogP contribution >= 0.6 is 11.8 Å². The van der Waals surface area contributed by atoms with Gasteiger partial charge in [0.25, 0.3) is 0 Å². The van der Waals surface area contributed by atoms with Crippen LogP contribution in [0.1, 0.15) is 16.2 Å². The summed E-state index contributed by atoms with van der Waals surface area (Å²) in [6, 6.07) is 16.2. The van der Waals surface area contributed by atoms with E-state index in [1.54, 1.807) is 54.2 Å². The van der Waals surface area contributed by atoms with Crippen LogP contribution in [0.2, 0.25) is 0 Å². The van der Waals surface area contributed by atoms with E-state index < -0.39 is 0 Å². The number of aromatic nitrogens is 3. The molecule has 0 aliphatic carbocycles. The second-order valence-corrected chi connectivity index (χ2v) is 7.28. The van der Waals surface area contributed by atoms with Crippen LogP contribution in [0, 0.1) is 0 Å². The fourth-order valence-electron chi connectivity index (χ4n) is 2.76. The lowest BCUT2D eigenvalue weighted by Crippen LogP contribution is -2.18. The average molecular weight is 423 g/mol. The predicted octanol–water partition coefficient (Wildman–Crippen LogP) is 3.63. The quantitative estimate of drug-likeness (QED) is 0.305. The van der Waals surface area contributed by atoms with E-state index in [1.165, 1.54) is 11.8 Å².